The number of alkyl halides is 6. The quantitative estimate of drug-likeness (QED) is 0.212. The maximum absolute atomic E-state index is 14.2. The highest BCUT2D eigenvalue weighted by Gasteiger charge is 2.47. The van der Waals surface area contributed by atoms with Crippen molar-refractivity contribution in [2.45, 2.75) is 53.9 Å². The Morgan fingerprint density at radius 2 is 1.72 bits per heavy atom. The van der Waals surface area contributed by atoms with E-state index in [1.807, 2.05) is 6.07 Å². The molecule has 1 saturated heterocycles. The summed E-state index contributed by atoms with van der Waals surface area (Å²) in [6.45, 7) is 1.62. The number of carbonyl (C=O) groups is 1. The predicted octanol–water partition coefficient (Wildman–Crippen LogP) is 7.50. The zero-order valence-electron chi connectivity index (χ0n) is 20.9. The van der Waals surface area contributed by atoms with Gasteiger partial charge in [-0.2, -0.15) is 26.3 Å². The molecule has 2 aromatic carbocycles. The van der Waals surface area contributed by atoms with Gasteiger partial charge >= 0.3 is 12.4 Å². The van der Waals surface area contributed by atoms with E-state index in [-0.39, 0.29) is 0 Å². The molecule has 3 fully saturated rings. The molecule has 0 aromatic heterocycles. The van der Waals surface area contributed by atoms with E-state index in [0.29, 0.717) is 60.8 Å². The molecule has 3 atom stereocenters. The summed E-state index contributed by atoms with van der Waals surface area (Å²) in [5, 5.41) is 3.46. The van der Waals surface area contributed by atoms with Crippen LogP contribution in [0.4, 0.5) is 32.0 Å². The number of morpholine rings is 1. The molecule has 0 amide bonds. The number of allylic oxidation sites excluding steroid dienone is 1. The number of fused-ring (bicyclic) bond motifs is 2. The van der Waals surface area contributed by atoms with Crippen molar-refractivity contribution < 1.29 is 35.9 Å². The van der Waals surface area contributed by atoms with Crippen molar-refractivity contribution in [2.24, 2.45) is 11.8 Å². The number of benzene rings is 2. The molecule has 2 bridgehead atoms. The van der Waals surface area contributed by atoms with Gasteiger partial charge in [0, 0.05) is 52.4 Å². The Labute approximate surface area is 226 Å². The molecule has 4 nitrogen and oxygen atoms in total. The fraction of sp³-hybridized carbons (Fsp3) is 0.464. The fourth-order valence-corrected chi connectivity index (χ4v) is 6.89. The van der Waals surface area contributed by atoms with E-state index in [0.717, 1.165) is 36.7 Å². The Morgan fingerprint density at radius 1 is 0.974 bits per heavy atom. The number of hydrogen-bond acceptors (Lipinski definition) is 5. The first kappa shape index (κ1) is 27.9. The molecule has 0 spiro atoms. The Bertz CT molecular complexity index is 1240. The van der Waals surface area contributed by atoms with E-state index in [2.05, 4.69) is 5.32 Å². The molecule has 1 aliphatic heterocycles. The van der Waals surface area contributed by atoms with Crippen molar-refractivity contribution in [3.05, 3.63) is 65.4 Å². The van der Waals surface area contributed by atoms with E-state index in [4.69, 9.17) is 4.74 Å². The lowest BCUT2D eigenvalue weighted by Crippen LogP contribution is -2.32. The number of nitrogens with one attached hydrogen (secondary N) is 1. The highest BCUT2D eigenvalue weighted by molar-refractivity contribution is 7.99. The highest BCUT2D eigenvalue weighted by atomic mass is 32.2. The van der Waals surface area contributed by atoms with Gasteiger partial charge in [-0.15, -0.1) is 0 Å². The van der Waals surface area contributed by atoms with Crippen LogP contribution in [0.25, 0.3) is 0 Å². The van der Waals surface area contributed by atoms with Crippen LogP contribution < -0.4 is 5.32 Å². The monoisotopic (exact) mass is 570 g/mol. The van der Waals surface area contributed by atoms with E-state index >= 15 is 0 Å². The standard InChI is InChI=1S/C28H28F6N2O2S/c29-27(30,31)25-21(23(37)8-9-36-10-12-38-13-11-36)6-7-24(26(25)28(32,33)34)39-20-3-1-2-19(16-20)35-22-15-17-4-5-18(22)14-17/h1-3,6-9,16-18,22,35H,4-5,10-15H2. The third kappa shape index (κ3) is 6.40. The number of ether oxygens (including phenoxy) is 1. The van der Waals surface area contributed by atoms with Gasteiger partial charge in [0.15, 0.2) is 5.78 Å². The minimum absolute atomic E-state index is 0.294. The summed E-state index contributed by atoms with van der Waals surface area (Å²) in [5.41, 5.74) is -4.12. The third-order valence-corrected chi connectivity index (χ3v) is 8.68. The van der Waals surface area contributed by atoms with Gasteiger partial charge in [-0.25, -0.2) is 0 Å². The predicted molar refractivity (Wildman–Crippen MR) is 136 cm³/mol. The van der Waals surface area contributed by atoms with Gasteiger partial charge in [0.2, 0.25) is 0 Å². The maximum atomic E-state index is 14.2. The Balaban J connectivity index is 1.45. The first-order chi connectivity index (χ1) is 18.5. The molecule has 2 aromatic rings. The summed E-state index contributed by atoms with van der Waals surface area (Å²) in [4.78, 5) is 14.2. The molecule has 3 aliphatic rings. The minimum atomic E-state index is -5.40. The van der Waals surface area contributed by atoms with Crippen molar-refractivity contribution in [1.29, 1.82) is 0 Å². The van der Waals surface area contributed by atoms with Gasteiger partial charge in [0.25, 0.3) is 0 Å². The lowest BCUT2D eigenvalue weighted by molar-refractivity contribution is -0.163. The van der Waals surface area contributed by atoms with Crippen molar-refractivity contribution in [3.8, 4) is 0 Å². The number of nitrogens with zero attached hydrogens (tertiary/aromatic N) is 1. The smallest absolute Gasteiger partial charge is 0.382 e. The minimum Gasteiger partial charge on any atom is -0.382 e. The lowest BCUT2D eigenvalue weighted by atomic mass is 9.95. The summed E-state index contributed by atoms with van der Waals surface area (Å²) in [6.07, 6.45) is -3.96. The van der Waals surface area contributed by atoms with Crippen LogP contribution in [0.2, 0.25) is 0 Å². The summed E-state index contributed by atoms with van der Waals surface area (Å²) in [5.74, 6) is 0.123. The fourth-order valence-electron chi connectivity index (χ4n) is 5.85. The van der Waals surface area contributed by atoms with Crippen LogP contribution in [0.1, 0.15) is 47.2 Å². The Kier molecular flexibility index (Phi) is 7.92. The maximum Gasteiger partial charge on any atom is 0.418 e. The second kappa shape index (κ2) is 11.1. The van der Waals surface area contributed by atoms with Crippen LogP contribution in [-0.4, -0.2) is 43.0 Å². The Morgan fingerprint density at radius 3 is 2.36 bits per heavy atom. The van der Waals surface area contributed by atoms with Gasteiger partial charge in [-0.05, 0) is 61.4 Å². The zero-order chi connectivity index (χ0) is 27.8. The van der Waals surface area contributed by atoms with Crippen molar-refractivity contribution in [1.82, 2.24) is 4.90 Å². The van der Waals surface area contributed by atoms with Crippen LogP contribution in [0.5, 0.6) is 0 Å². The van der Waals surface area contributed by atoms with E-state index in [9.17, 15) is 31.1 Å². The summed E-state index contributed by atoms with van der Waals surface area (Å²) < 4.78 is 90.3. The van der Waals surface area contributed by atoms with Gasteiger partial charge < -0.3 is 15.0 Å². The number of halogens is 6. The summed E-state index contributed by atoms with van der Waals surface area (Å²) in [7, 11) is 0. The van der Waals surface area contributed by atoms with Crippen molar-refractivity contribution in [3.63, 3.8) is 0 Å². The third-order valence-electron chi connectivity index (χ3n) is 7.63. The van der Waals surface area contributed by atoms with Crippen molar-refractivity contribution >= 4 is 23.2 Å². The lowest BCUT2D eigenvalue weighted by Gasteiger charge is -2.25. The van der Waals surface area contributed by atoms with Crippen LogP contribution >= 0.6 is 11.8 Å². The van der Waals surface area contributed by atoms with Gasteiger partial charge in [0.1, 0.15) is 0 Å². The summed E-state index contributed by atoms with van der Waals surface area (Å²) >= 11 is 0.604. The molecule has 5 rings (SSSR count). The number of carbonyl (C=O) groups excluding carboxylic acids is 1. The van der Waals surface area contributed by atoms with Gasteiger partial charge in [-0.3, -0.25) is 4.79 Å². The van der Waals surface area contributed by atoms with E-state index in [1.54, 1.807) is 23.1 Å². The largest absolute Gasteiger partial charge is 0.418 e. The normalized spacial score (nSPS) is 23.5. The second-order valence-corrected chi connectivity index (χ2v) is 11.4. The van der Waals surface area contributed by atoms with Crippen LogP contribution in [0.15, 0.2) is 58.5 Å². The zero-order valence-corrected chi connectivity index (χ0v) is 21.8. The molecular weight excluding hydrogens is 542 g/mol. The van der Waals surface area contributed by atoms with Gasteiger partial charge in [0.05, 0.1) is 24.3 Å². The number of hydrogen-bond donors (Lipinski definition) is 1. The molecule has 39 heavy (non-hydrogen) atoms. The molecule has 210 valence electrons. The van der Waals surface area contributed by atoms with Gasteiger partial charge in [-0.1, -0.05) is 24.2 Å². The molecule has 2 aliphatic carbocycles. The molecular formula is C28H28F6N2O2S. The average molecular weight is 571 g/mol. The van der Waals surface area contributed by atoms with Crippen molar-refractivity contribution in [2.75, 3.05) is 31.6 Å². The molecule has 0 radical (unpaired) electrons. The van der Waals surface area contributed by atoms with Crippen LogP contribution in [0.3, 0.4) is 0 Å². The van der Waals surface area contributed by atoms with Crippen LogP contribution in [-0.2, 0) is 17.1 Å². The molecule has 2 saturated carbocycles. The average Bonchev–Trinajstić information content (AvgIpc) is 3.50. The number of ketones is 1. The SMILES string of the molecule is O=C(C=CN1CCOCC1)c1ccc(Sc2cccc(NC3CC4CCC3C4)c2)c(C(F)(F)F)c1C(F)(F)F. The highest BCUT2D eigenvalue weighted by Crippen LogP contribution is 2.49. The topological polar surface area (TPSA) is 41.6 Å². The van der Waals surface area contributed by atoms with Crippen LogP contribution in [0, 0.1) is 11.8 Å². The first-order valence-corrected chi connectivity index (χ1v) is 13.7. The first-order valence-electron chi connectivity index (χ1n) is 12.9. The number of rotatable bonds is 7. The second-order valence-electron chi connectivity index (χ2n) is 10.2. The van der Waals surface area contributed by atoms with E-state index < -0.39 is 39.7 Å². The molecule has 1 heterocycles. The number of anilines is 1. The molecule has 3 unspecified atom stereocenters. The molecule has 11 heteroatoms. The Hall–Kier alpha value is -2.66. The summed E-state index contributed by atoms with van der Waals surface area (Å²) in [6, 6.07) is 8.79. The molecule has 1 N–H and O–H groups in total. The van der Waals surface area contributed by atoms with E-state index in [1.165, 1.54) is 19.0 Å².